The summed E-state index contributed by atoms with van der Waals surface area (Å²) in [4.78, 5) is 17.0. The topological polar surface area (TPSA) is 49.6 Å². The van der Waals surface area contributed by atoms with Crippen molar-refractivity contribution in [1.82, 2.24) is 9.80 Å². The summed E-state index contributed by atoms with van der Waals surface area (Å²) in [6.07, 6.45) is 4.45. The van der Waals surface area contributed by atoms with E-state index in [2.05, 4.69) is 40.1 Å². The van der Waals surface area contributed by atoms with Crippen LogP contribution in [0.4, 0.5) is 0 Å². The summed E-state index contributed by atoms with van der Waals surface area (Å²) < 4.78 is 0. The highest BCUT2D eigenvalue weighted by molar-refractivity contribution is 5.82. The second-order valence-electron chi connectivity index (χ2n) is 6.76. The highest BCUT2D eigenvalue weighted by atomic mass is 16.2. The van der Waals surface area contributed by atoms with Crippen LogP contribution in [0.5, 0.6) is 0 Å². The van der Waals surface area contributed by atoms with Gasteiger partial charge in [0.05, 0.1) is 6.04 Å². The lowest BCUT2D eigenvalue weighted by Crippen LogP contribution is -2.52. The number of hydrogen-bond donors (Lipinski definition) is 1. The van der Waals surface area contributed by atoms with Gasteiger partial charge in [-0.2, -0.15) is 0 Å². The molecule has 2 aliphatic rings. The van der Waals surface area contributed by atoms with E-state index in [4.69, 9.17) is 5.73 Å². The lowest BCUT2D eigenvalue weighted by molar-refractivity contribution is -0.136. The molecule has 1 aliphatic carbocycles. The van der Waals surface area contributed by atoms with Crippen LogP contribution in [0.15, 0.2) is 30.3 Å². The van der Waals surface area contributed by atoms with Crippen LogP contribution in [-0.4, -0.2) is 46.9 Å². The first-order chi connectivity index (χ1) is 10.6. The molecule has 2 N–H and O–H groups in total. The van der Waals surface area contributed by atoms with Crippen molar-refractivity contribution in [3.8, 4) is 0 Å². The van der Waals surface area contributed by atoms with E-state index in [0.29, 0.717) is 12.1 Å². The van der Waals surface area contributed by atoms with Crippen LogP contribution >= 0.6 is 0 Å². The third-order valence-electron chi connectivity index (χ3n) is 4.78. The van der Waals surface area contributed by atoms with E-state index >= 15 is 0 Å². The Morgan fingerprint density at radius 1 is 1.18 bits per heavy atom. The largest absolute Gasteiger partial charge is 0.335 e. The molecular formula is C18H27N3O. The normalized spacial score (nSPS) is 21.5. The molecule has 4 heteroatoms. The highest BCUT2D eigenvalue weighted by Gasteiger charge is 2.39. The van der Waals surface area contributed by atoms with E-state index in [1.165, 1.54) is 5.56 Å². The molecule has 1 aromatic rings. The van der Waals surface area contributed by atoms with E-state index in [-0.39, 0.29) is 11.9 Å². The van der Waals surface area contributed by atoms with E-state index in [1.54, 1.807) is 0 Å². The molecule has 0 radical (unpaired) electrons. The van der Waals surface area contributed by atoms with Gasteiger partial charge in [0.2, 0.25) is 5.91 Å². The minimum Gasteiger partial charge on any atom is -0.335 e. The first kappa shape index (κ1) is 15.5. The van der Waals surface area contributed by atoms with Crippen molar-refractivity contribution in [1.29, 1.82) is 0 Å². The molecule has 1 saturated heterocycles. The Bertz CT molecular complexity index is 490. The van der Waals surface area contributed by atoms with Gasteiger partial charge in [0, 0.05) is 31.7 Å². The molecule has 120 valence electrons. The van der Waals surface area contributed by atoms with Crippen molar-refractivity contribution < 1.29 is 4.79 Å². The minimum atomic E-state index is -0.372. The Kier molecular flexibility index (Phi) is 4.79. The van der Waals surface area contributed by atoms with Crippen LogP contribution in [0.2, 0.25) is 0 Å². The number of benzene rings is 1. The average Bonchev–Trinajstić information content (AvgIpc) is 3.35. The quantitative estimate of drug-likeness (QED) is 0.905. The van der Waals surface area contributed by atoms with Gasteiger partial charge in [0.15, 0.2) is 0 Å². The molecule has 1 atom stereocenters. The van der Waals surface area contributed by atoms with Crippen LogP contribution in [0.3, 0.4) is 0 Å². The number of rotatable bonds is 5. The number of carbonyl (C=O) groups excluding carboxylic acids is 1. The van der Waals surface area contributed by atoms with Crippen LogP contribution in [0.1, 0.15) is 38.2 Å². The molecule has 0 aromatic heterocycles. The Labute approximate surface area is 133 Å². The van der Waals surface area contributed by atoms with Crippen molar-refractivity contribution in [2.45, 2.75) is 57.3 Å². The predicted molar refractivity (Wildman–Crippen MR) is 88.3 cm³/mol. The zero-order chi connectivity index (χ0) is 15.5. The van der Waals surface area contributed by atoms with Crippen LogP contribution in [-0.2, 0) is 11.3 Å². The van der Waals surface area contributed by atoms with Gasteiger partial charge in [-0.15, -0.1) is 0 Å². The molecule has 1 unspecified atom stereocenters. The standard InChI is InChI=1S/C18H27N3O/c1-14(19)18(22)21(16-7-8-16)17-9-11-20(12-10-17)13-15-5-3-2-4-6-15/h2-6,14,16-17H,7-13,19H2,1H3. The predicted octanol–water partition coefficient (Wildman–Crippen LogP) is 1.99. The lowest BCUT2D eigenvalue weighted by Gasteiger charge is -2.39. The van der Waals surface area contributed by atoms with Gasteiger partial charge in [0.25, 0.3) is 0 Å². The van der Waals surface area contributed by atoms with Crippen LogP contribution in [0.25, 0.3) is 0 Å². The van der Waals surface area contributed by atoms with E-state index in [0.717, 1.165) is 45.3 Å². The number of hydrogen-bond acceptors (Lipinski definition) is 3. The molecule has 4 nitrogen and oxygen atoms in total. The van der Waals surface area contributed by atoms with Crippen LogP contribution in [0, 0.1) is 0 Å². The fourth-order valence-corrected chi connectivity index (χ4v) is 3.44. The fourth-order valence-electron chi connectivity index (χ4n) is 3.44. The summed E-state index contributed by atoms with van der Waals surface area (Å²) in [5, 5.41) is 0. The van der Waals surface area contributed by atoms with Gasteiger partial charge >= 0.3 is 0 Å². The smallest absolute Gasteiger partial charge is 0.239 e. The van der Waals surface area contributed by atoms with E-state index in [1.807, 2.05) is 6.92 Å². The van der Waals surface area contributed by atoms with Gasteiger partial charge in [0.1, 0.15) is 0 Å². The second-order valence-corrected chi connectivity index (χ2v) is 6.76. The molecular weight excluding hydrogens is 274 g/mol. The summed E-state index contributed by atoms with van der Waals surface area (Å²) in [7, 11) is 0. The lowest BCUT2D eigenvalue weighted by atomic mass is 10.0. The van der Waals surface area contributed by atoms with Crippen molar-refractivity contribution in [2.24, 2.45) is 5.73 Å². The number of amides is 1. The average molecular weight is 301 g/mol. The monoisotopic (exact) mass is 301 g/mol. The Balaban J connectivity index is 1.55. The number of piperidine rings is 1. The molecule has 22 heavy (non-hydrogen) atoms. The molecule has 3 rings (SSSR count). The zero-order valence-electron chi connectivity index (χ0n) is 13.4. The Morgan fingerprint density at radius 2 is 1.77 bits per heavy atom. The van der Waals surface area contributed by atoms with Gasteiger partial charge in [-0.3, -0.25) is 9.69 Å². The molecule has 0 spiro atoms. The summed E-state index contributed by atoms with van der Waals surface area (Å²) in [5.74, 6) is 0.143. The van der Waals surface area contributed by atoms with Crippen molar-refractivity contribution in [3.63, 3.8) is 0 Å². The maximum absolute atomic E-state index is 12.4. The molecule has 1 aliphatic heterocycles. The van der Waals surface area contributed by atoms with Gasteiger partial charge in [-0.25, -0.2) is 0 Å². The maximum Gasteiger partial charge on any atom is 0.239 e. The van der Waals surface area contributed by atoms with Gasteiger partial charge in [-0.1, -0.05) is 30.3 Å². The fraction of sp³-hybridized carbons (Fsp3) is 0.611. The highest BCUT2D eigenvalue weighted by Crippen LogP contribution is 2.32. The number of nitrogens with two attached hydrogens (primary N) is 1. The van der Waals surface area contributed by atoms with Gasteiger partial charge < -0.3 is 10.6 Å². The summed E-state index contributed by atoms with van der Waals surface area (Å²) >= 11 is 0. The number of carbonyl (C=O) groups is 1. The van der Waals surface area contributed by atoms with Crippen LogP contribution < -0.4 is 5.73 Å². The Morgan fingerprint density at radius 3 is 2.32 bits per heavy atom. The number of nitrogens with zero attached hydrogens (tertiary/aromatic N) is 2. The third kappa shape index (κ3) is 3.68. The first-order valence-electron chi connectivity index (χ1n) is 8.49. The summed E-state index contributed by atoms with van der Waals surface area (Å²) in [6.45, 7) is 4.95. The summed E-state index contributed by atoms with van der Waals surface area (Å²) in [5.41, 5.74) is 7.20. The van der Waals surface area contributed by atoms with Crippen molar-refractivity contribution in [3.05, 3.63) is 35.9 Å². The molecule has 0 bridgehead atoms. The molecule has 1 amide bonds. The van der Waals surface area contributed by atoms with E-state index < -0.39 is 0 Å². The second kappa shape index (κ2) is 6.80. The SMILES string of the molecule is CC(N)C(=O)N(C1CC1)C1CCN(Cc2ccccc2)CC1. The minimum absolute atomic E-state index is 0.143. The summed E-state index contributed by atoms with van der Waals surface area (Å²) in [6, 6.07) is 11.1. The molecule has 1 aromatic carbocycles. The Hall–Kier alpha value is -1.39. The molecule has 2 fully saturated rings. The molecule has 1 heterocycles. The molecule has 1 saturated carbocycles. The zero-order valence-corrected chi connectivity index (χ0v) is 13.4. The maximum atomic E-state index is 12.4. The van der Waals surface area contributed by atoms with Crippen molar-refractivity contribution in [2.75, 3.05) is 13.1 Å². The van der Waals surface area contributed by atoms with Crippen molar-refractivity contribution >= 4 is 5.91 Å². The van der Waals surface area contributed by atoms with Gasteiger partial charge in [-0.05, 0) is 38.2 Å². The first-order valence-corrected chi connectivity index (χ1v) is 8.49. The number of likely N-dealkylation sites (tertiary alicyclic amines) is 1. The third-order valence-corrected chi connectivity index (χ3v) is 4.78. The van der Waals surface area contributed by atoms with E-state index in [9.17, 15) is 4.79 Å².